The molecular formula is C20H14F7N3O3. The fourth-order valence-electron chi connectivity index (χ4n) is 3.10. The number of carbonyl (C=O) groups is 3. The minimum atomic E-state index is -5.53. The first-order valence-corrected chi connectivity index (χ1v) is 9.19. The molecule has 13 heteroatoms. The quantitative estimate of drug-likeness (QED) is 0.510. The van der Waals surface area contributed by atoms with Crippen molar-refractivity contribution in [1.29, 1.82) is 0 Å². The highest BCUT2D eigenvalue weighted by Gasteiger charge is 2.68. The van der Waals surface area contributed by atoms with Crippen LogP contribution in [-0.4, -0.2) is 41.1 Å². The molecule has 0 aliphatic carbocycles. The van der Waals surface area contributed by atoms with Crippen LogP contribution in [0.25, 0.3) is 0 Å². The predicted octanol–water partition coefficient (Wildman–Crippen LogP) is 3.63. The number of imide groups is 1. The van der Waals surface area contributed by atoms with Gasteiger partial charge in [0.2, 0.25) is 0 Å². The highest BCUT2D eigenvalue weighted by molar-refractivity contribution is 6.10. The maximum absolute atomic E-state index is 13.9. The van der Waals surface area contributed by atoms with Crippen LogP contribution in [0.15, 0.2) is 48.5 Å². The number of alkyl halides is 6. The van der Waals surface area contributed by atoms with Gasteiger partial charge in [-0.05, 0) is 42.3 Å². The molecule has 2 aromatic rings. The third kappa shape index (κ3) is 4.76. The zero-order valence-electron chi connectivity index (χ0n) is 16.4. The van der Waals surface area contributed by atoms with Gasteiger partial charge in [-0.15, -0.1) is 0 Å². The van der Waals surface area contributed by atoms with Gasteiger partial charge in [-0.1, -0.05) is 18.2 Å². The number of rotatable bonds is 5. The number of amides is 4. The van der Waals surface area contributed by atoms with Crippen LogP contribution in [0.4, 0.5) is 35.5 Å². The molecule has 6 nitrogen and oxygen atoms in total. The smallest absolute Gasteiger partial charge is 0.314 e. The lowest BCUT2D eigenvalue weighted by Crippen LogP contribution is -2.69. The summed E-state index contributed by atoms with van der Waals surface area (Å²) in [5.74, 6) is -4.09. The predicted molar refractivity (Wildman–Crippen MR) is 98.0 cm³/mol. The zero-order chi connectivity index (χ0) is 24.6. The Labute approximate surface area is 181 Å². The fourth-order valence-corrected chi connectivity index (χ4v) is 3.10. The molecule has 1 fully saturated rings. The van der Waals surface area contributed by atoms with Gasteiger partial charge in [0, 0.05) is 12.1 Å². The number of benzene rings is 2. The number of carbonyl (C=O) groups excluding carboxylic acids is 3. The van der Waals surface area contributed by atoms with E-state index in [-0.39, 0.29) is 11.3 Å². The molecule has 0 aromatic heterocycles. The molecule has 1 unspecified atom stereocenters. The lowest BCUT2D eigenvalue weighted by molar-refractivity contribution is -0.200. The number of hydrogen-bond donors (Lipinski definition) is 2. The molecule has 0 spiro atoms. The fraction of sp³-hybridized carbons (Fsp3) is 0.250. The first kappa shape index (κ1) is 24.0. The number of halogens is 7. The van der Waals surface area contributed by atoms with Gasteiger partial charge < -0.3 is 5.32 Å². The van der Waals surface area contributed by atoms with E-state index < -0.39 is 59.3 Å². The van der Waals surface area contributed by atoms with Crippen LogP contribution in [0.2, 0.25) is 0 Å². The van der Waals surface area contributed by atoms with E-state index in [0.29, 0.717) is 17.7 Å². The van der Waals surface area contributed by atoms with Crippen molar-refractivity contribution in [3.05, 3.63) is 71.0 Å². The summed E-state index contributed by atoms with van der Waals surface area (Å²) in [6.45, 7) is -0.534. The Balaban J connectivity index is 1.85. The van der Waals surface area contributed by atoms with Crippen LogP contribution in [0, 0.1) is 5.82 Å². The number of urea groups is 1. The second-order valence-corrected chi connectivity index (χ2v) is 7.04. The largest absolute Gasteiger partial charge is 0.440 e. The summed E-state index contributed by atoms with van der Waals surface area (Å²) in [5, 5.41) is 2.74. The van der Waals surface area contributed by atoms with Crippen LogP contribution < -0.4 is 10.6 Å². The van der Waals surface area contributed by atoms with E-state index in [9.17, 15) is 45.1 Å². The third-order valence-corrected chi connectivity index (χ3v) is 4.82. The van der Waals surface area contributed by atoms with E-state index in [4.69, 9.17) is 0 Å². The number of hydrogen-bond acceptors (Lipinski definition) is 3. The monoisotopic (exact) mass is 477 g/mol. The second kappa shape index (κ2) is 8.37. The van der Waals surface area contributed by atoms with E-state index in [1.807, 2.05) is 0 Å². The summed E-state index contributed by atoms with van der Waals surface area (Å²) >= 11 is 0. The average Bonchev–Trinajstić information content (AvgIpc) is 2.97. The topological polar surface area (TPSA) is 78.5 Å². The Bertz CT molecular complexity index is 1080. The Morgan fingerprint density at radius 1 is 1.00 bits per heavy atom. The molecule has 0 bridgehead atoms. The third-order valence-electron chi connectivity index (χ3n) is 4.82. The van der Waals surface area contributed by atoms with Crippen LogP contribution >= 0.6 is 0 Å². The molecule has 0 saturated carbocycles. The van der Waals surface area contributed by atoms with Gasteiger partial charge in [-0.25, -0.2) is 9.18 Å². The molecule has 0 radical (unpaired) electrons. The van der Waals surface area contributed by atoms with E-state index >= 15 is 0 Å². The van der Waals surface area contributed by atoms with Crippen molar-refractivity contribution >= 4 is 17.8 Å². The SMILES string of the molecule is O=C(NC1(C(F)(F)F)NC(=O)N(CCc2ccc(F)cc2)C1=O)c1cccc(C(F)(F)F)c1. The Hall–Kier alpha value is -3.64. The van der Waals surface area contributed by atoms with Gasteiger partial charge in [-0.3, -0.25) is 19.8 Å². The zero-order valence-corrected chi connectivity index (χ0v) is 16.4. The van der Waals surface area contributed by atoms with Gasteiger partial charge in [0.25, 0.3) is 17.5 Å². The molecule has 176 valence electrons. The molecular weight excluding hydrogens is 463 g/mol. The normalized spacial score (nSPS) is 18.9. The van der Waals surface area contributed by atoms with Gasteiger partial charge in [-0.2, -0.15) is 26.3 Å². The Kier molecular flexibility index (Phi) is 6.09. The molecule has 1 heterocycles. The van der Waals surface area contributed by atoms with E-state index in [1.165, 1.54) is 22.8 Å². The molecule has 4 amide bonds. The minimum Gasteiger partial charge on any atom is -0.314 e. The molecule has 1 saturated heterocycles. The number of nitrogens with zero attached hydrogens (tertiary/aromatic N) is 1. The van der Waals surface area contributed by atoms with Crippen molar-refractivity contribution in [2.75, 3.05) is 6.54 Å². The standard InChI is InChI=1S/C20H14F7N3O3/c21-14-6-4-11(5-7-14)8-9-30-16(32)18(20(25,26)27,29-17(30)33)28-15(31)12-2-1-3-13(10-12)19(22,23)24/h1-7,10H,8-9H2,(H,28,31)(H,29,33). The van der Waals surface area contributed by atoms with Crippen molar-refractivity contribution in [2.45, 2.75) is 24.4 Å². The summed E-state index contributed by atoms with van der Waals surface area (Å²) in [7, 11) is 0. The number of nitrogens with one attached hydrogen (secondary N) is 2. The van der Waals surface area contributed by atoms with Crippen molar-refractivity contribution in [2.24, 2.45) is 0 Å². The van der Waals surface area contributed by atoms with Gasteiger partial charge in [0.15, 0.2) is 0 Å². The van der Waals surface area contributed by atoms with Crippen molar-refractivity contribution < 1.29 is 45.1 Å². The Morgan fingerprint density at radius 3 is 2.21 bits per heavy atom. The molecule has 33 heavy (non-hydrogen) atoms. The van der Waals surface area contributed by atoms with Gasteiger partial charge in [0.05, 0.1) is 5.56 Å². The summed E-state index contributed by atoms with van der Waals surface area (Å²) < 4.78 is 93.2. The maximum Gasteiger partial charge on any atom is 0.440 e. The summed E-state index contributed by atoms with van der Waals surface area (Å²) in [5.41, 5.74) is -5.56. The highest BCUT2D eigenvalue weighted by Crippen LogP contribution is 2.35. The molecule has 2 aromatic carbocycles. The van der Waals surface area contributed by atoms with Crippen molar-refractivity contribution in [1.82, 2.24) is 15.5 Å². The maximum atomic E-state index is 13.9. The molecule has 1 aliphatic rings. The Morgan fingerprint density at radius 2 is 1.64 bits per heavy atom. The molecule has 1 atom stereocenters. The van der Waals surface area contributed by atoms with Crippen molar-refractivity contribution in [3.63, 3.8) is 0 Å². The lowest BCUT2D eigenvalue weighted by atomic mass is 10.1. The first-order valence-electron chi connectivity index (χ1n) is 9.19. The molecule has 3 rings (SSSR count). The van der Waals surface area contributed by atoms with E-state index in [1.54, 1.807) is 0 Å². The summed E-state index contributed by atoms with van der Waals surface area (Å²) in [4.78, 5) is 37.4. The minimum absolute atomic E-state index is 0.116. The molecule has 1 aliphatic heterocycles. The summed E-state index contributed by atoms with van der Waals surface area (Å²) in [6.07, 6.45) is -10.5. The van der Waals surface area contributed by atoms with Gasteiger partial charge in [0.1, 0.15) is 5.82 Å². The van der Waals surface area contributed by atoms with Crippen LogP contribution in [-0.2, 0) is 17.4 Å². The van der Waals surface area contributed by atoms with Crippen LogP contribution in [0.1, 0.15) is 21.5 Å². The first-order chi connectivity index (χ1) is 15.2. The lowest BCUT2D eigenvalue weighted by Gasteiger charge is -2.30. The van der Waals surface area contributed by atoms with Gasteiger partial charge >= 0.3 is 18.4 Å². The van der Waals surface area contributed by atoms with Crippen molar-refractivity contribution in [3.8, 4) is 0 Å². The van der Waals surface area contributed by atoms with Crippen LogP contribution in [0.3, 0.4) is 0 Å². The highest BCUT2D eigenvalue weighted by atomic mass is 19.4. The summed E-state index contributed by atoms with van der Waals surface area (Å²) in [6, 6.07) is 5.85. The second-order valence-electron chi connectivity index (χ2n) is 7.04. The van der Waals surface area contributed by atoms with Crippen LogP contribution in [0.5, 0.6) is 0 Å². The van der Waals surface area contributed by atoms with E-state index in [2.05, 4.69) is 0 Å². The van der Waals surface area contributed by atoms with E-state index in [0.717, 1.165) is 24.3 Å². The molecule has 2 N–H and O–H groups in total. The average molecular weight is 477 g/mol.